The molecule has 2 rings (SSSR count). The largest absolute Gasteiger partial charge is 0.0845 e. The van der Waals surface area contributed by atoms with Crippen LogP contribution >= 0.6 is 0 Å². The molecule has 0 spiro atoms. The first kappa shape index (κ1) is 15.1. The molecule has 1 unspecified atom stereocenters. The third kappa shape index (κ3) is 4.67. The van der Waals surface area contributed by atoms with Gasteiger partial charge in [-0.25, -0.2) is 0 Å². The van der Waals surface area contributed by atoms with Crippen molar-refractivity contribution in [2.75, 3.05) is 0 Å². The lowest BCUT2D eigenvalue weighted by molar-refractivity contribution is 0.488. The van der Waals surface area contributed by atoms with E-state index in [0.29, 0.717) is 0 Å². The van der Waals surface area contributed by atoms with Gasteiger partial charge >= 0.3 is 0 Å². The first-order valence-corrected chi connectivity index (χ1v) is 8.31. The van der Waals surface area contributed by atoms with Crippen molar-refractivity contribution >= 4 is 0 Å². The first-order chi connectivity index (χ1) is 9.92. The average Bonchev–Trinajstić information content (AvgIpc) is 2.86. The maximum Gasteiger partial charge on any atom is -0.00915 e. The molecule has 0 saturated carbocycles. The minimum atomic E-state index is 0.757. The number of hydrogen-bond acceptors (Lipinski definition) is 0. The van der Waals surface area contributed by atoms with E-state index in [4.69, 9.17) is 0 Å². The van der Waals surface area contributed by atoms with Gasteiger partial charge in [-0.15, -0.1) is 0 Å². The molecule has 108 valence electrons. The summed E-state index contributed by atoms with van der Waals surface area (Å²) in [6.45, 7) is 2.29. The van der Waals surface area contributed by atoms with E-state index in [-0.39, 0.29) is 0 Å². The molecule has 2 aliphatic rings. The van der Waals surface area contributed by atoms with Crippen molar-refractivity contribution in [1.82, 2.24) is 0 Å². The van der Waals surface area contributed by atoms with Crippen LogP contribution in [-0.2, 0) is 0 Å². The number of rotatable bonds is 6. The normalized spacial score (nSPS) is 22.1. The fourth-order valence-corrected chi connectivity index (χ4v) is 3.14. The van der Waals surface area contributed by atoms with Crippen molar-refractivity contribution in [2.24, 2.45) is 5.92 Å². The van der Waals surface area contributed by atoms with Crippen LogP contribution < -0.4 is 0 Å². The predicted octanol–water partition coefficient (Wildman–Crippen LogP) is 6.29. The van der Waals surface area contributed by atoms with E-state index in [2.05, 4.69) is 55.5 Å². The van der Waals surface area contributed by atoms with E-state index in [0.717, 1.165) is 12.3 Å². The van der Waals surface area contributed by atoms with Gasteiger partial charge in [-0.2, -0.15) is 0 Å². The lowest BCUT2D eigenvalue weighted by atomic mass is 9.84. The minimum absolute atomic E-state index is 0.757. The van der Waals surface area contributed by atoms with Gasteiger partial charge in [0.2, 0.25) is 0 Å². The summed E-state index contributed by atoms with van der Waals surface area (Å²) in [6.07, 6.45) is 28.5. The van der Waals surface area contributed by atoms with Crippen molar-refractivity contribution in [3.05, 3.63) is 59.8 Å². The third-order valence-electron chi connectivity index (χ3n) is 4.30. The summed E-state index contributed by atoms with van der Waals surface area (Å²) in [4.78, 5) is 0. The van der Waals surface area contributed by atoms with Gasteiger partial charge in [0, 0.05) is 0 Å². The molecule has 0 aromatic rings. The smallest absolute Gasteiger partial charge is 0.00915 e. The Bertz CT molecular complexity index is 429. The van der Waals surface area contributed by atoms with Crippen LogP contribution in [0.25, 0.3) is 0 Å². The Hall–Kier alpha value is -1.30. The van der Waals surface area contributed by atoms with Crippen LogP contribution in [0.1, 0.15) is 58.3 Å². The zero-order valence-electron chi connectivity index (χ0n) is 12.9. The van der Waals surface area contributed by atoms with Crippen LogP contribution in [0.5, 0.6) is 0 Å². The van der Waals surface area contributed by atoms with Crippen molar-refractivity contribution in [3.8, 4) is 0 Å². The summed E-state index contributed by atoms with van der Waals surface area (Å²) in [5, 5.41) is 0. The maximum atomic E-state index is 2.37. The number of hydrogen-bond donors (Lipinski definition) is 0. The molecule has 0 amide bonds. The van der Waals surface area contributed by atoms with Gasteiger partial charge < -0.3 is 0 Å². The fourth-order valence-electron chi connectivity index (χ4n) is 3.14. The molecule has 20 heavy (non-hydrogen) atoms. The van der Waals surface area contributed by atoms with Crippen LogP contribution in [-0.4, -0.2) is 0 Å². The zero-order chi connectivity index (χ0) is 14.0. The highest BCUT2D eigenvalue weighted by Gasteiger charge is 2.17. The summed E-state index contributed by atoms with van der Waals surface area (Å²) in [5.41, 5.74) is 3.11. The van der Waals surface area contributed by atoms with Gasteiger partial charge in [-0.3, -0.25) is 0 Å². The van der Waals surface area contributed by atoms with E-state index < -0.39 is 0 Å². The summed E-state index contributed by atoms with van der Waals surface area (Å²) < 4.78 is 0. The Morgan fingerprint density at radius 1 is 0.950 bits per heavy atom. The predicted molar refractivity (Wildman–Crippen MR) is 89.7 cm³/mol. The average molecular weight is 268 g/mol. The Morgan fingerprint density at radius 3 is 2.80 bits per heavy atom. The van der Waals surface area contributed by atoms with E-state index in [9.17, 15) is 0 Å². The van der Waals surface area contributed by atoms with Gasteiger partial charge in [0.25, 0.3) is 0 Å². The lowest BCUT2D eigenvalue weighted by Gasteiger charge is -2.21. The summed E-state index contributed by atoms with van der Waals surface area (Å²) in [5.74, 6) is 0.757. The highest BCUT2D eigenvalue weighted by atomic mass is 14.2. The van der Waals surface area contributed by atoms with Gasteiger partial charge in [-0.1, -0.05) is 81.2 Å². The molecule has 1 atom stereocenters. The van der Waals surface area contributed by atoms with Crippen molar-refractivity contribution in [3.63, 3.8) is 0 Å². The van der Waals surface area contributed by atoms with Crippen LogP contribution in [0.15, 0.2) is 59.8 Å². The molecule has 0 aromatic carbocycles. The SMILES string of the molecule is CCCCCCC1CCC=CC=C1C1=CC=CC=CC1. The van der Waals surface area contributed by atoms with Gasteiger partial charge in [0.1, 0.15) is 0 Å². The molecule has 0 fully saturated rings. The Balaban J connectivity index is 2.02. The van der Waals surface area contributed by atoms with E-state index in [1.54, 1.807) is 5.57 Å². The highest BCUT2D eigenvalue weighted by Crippen LogP contribution is 2.33. The molecule has 0 heterocycles. The van der Waals surface area contributed by atoms with Crippen molar-refractivity contribution in [2.45, 2.75) is 58.3 Å². The van der Waals surface area contributed by atoms with Gasteiger partial charge in [0.15, 0.2) is 0 Å². The second-order valence-corrected chi connectivity index (χ2v) is 5.88. The minimum Gasteiger partial charge on any atom is -0.0845 e. The topological polar surface area (TPSA) is 0 Å². The molecule has 0 radical (unpaired) electrons. The summed E-state index contributed by atoms with van der Waals surface area (Å²) in [7, 11) is 0. The second-order valence-electron chi connectivity index (χ2n) is 5.88. The second kappa shape index (κ2) is 8.79. The number of allylic oxidation sites excluding steroid dienone is 10. The molecule has 0 nitrogen and oxygen atoms in total. The monoisotopic (exact) mass is 268 g/mol. The van der Waals surface area contributed by atoms with Crippen molar-refractivity contribution in [1.29, 1.82) is 0 Å². The zero-order valence-corrected chi connectivity index (χ0v) is 12.9. The third-order valence-corrected chi connectivity index (χ3v) is 4.30. The number of unbranched alkanes of at least 4 members (excludes halogenated alkanes) is 3. The molecule has 0 bridgehead atoms. The lowest BCUT2D eigenvalue weighted by Crippen LogP contribution is -2.06. The fraction of sp³-hybridized carbons (Fsp3) is 0.500. The van der Waals surface area contributed by atoms with Crippen LogP contribution in [0.2, 0.25) is 0 Å². The first-order valence-electron chi connectivity index (χ1n) is 8.31. The van der Waals surface area contributed by atoms with Crippen molar-refractivity contribution < 1.29 is 0 Å². The Morgan fingerprint density at radius 2 is 1.90 bits per heavy atom. The molecule has 2 aliphatic carbocycles. The molecule has 0 saturated heterocycles. The van der Waals surface area contributed by atoms with Gasteiger partial charge in [0.05, 0.1) is 0 Å². The highest BCUT2D eigenvalue weighted by molar-refractivity contribution is 5.41. The molecule has 0 heteroatoms. The van der Waals surface area contributed by atoms with E-state index in [1.807, 2.05) is 0 Å². The van der Waals surface area contributed by atoms with Gasteiger partial charge in [-0.05, 0) is 42.7 Å². The molecule has 0 N–H and O–H groups in total. The standard InChI is InChI=1S/C20H28/c1-2-3-4-8-13-18-16-11-7-12-17-20(18)19-14-9-5-6-10-15-19/h5-7,9-10,12,14,17-18H,2-4,8,11,13,15-16H2,1H3. The summed E-state index contributed by atoms with van der Waals surface area (Å²) >= 11 is 0. The Labute approximate surface area is 124 Å². The van der Waals surface area contributed by atoms with Crippen LogP contribution in [0.4, 0.5) is 0 Å². The molecule has 0 aliphatic heterocycles. The van der Waals surface area contributed by atoms with E-state index >= 15 is 0 Å². The summed E-state index contributed by atoms with van der Waals surface area (Å²) in [6, 6.07) is 0. The van der Waals surface area contributed by atoms with Crippen LogP contribution in [0, 0.1) is 5.92 Å². The molecule has 0 aromatic heterocycles. The van der Waals surface area contributed by atoms with E-state index in [1.165, 1.54) is 50.5 Å². The van der Waals surface area contributed by atoms with Crippen LogP contribution in [0.3, 0.4) is 0 Å². The Kier molecular flexibility index (Phi) is 6.63. The quantitative estimate of drug-likeness (QED) is 0.496. The molecular weight excluding hydrogens is 240 g/mol. The maximum absolute atomic E-state index is 2.37. The molecular formula is C20H28.